The van der Waals surface area contributed by atoms with E-state index in [1.165, 1.54) is 0 Å². The second-order valence-electron chi connectivity index (χ2n) is 5.59. The van der Waals surface area contributed by atoms with Crippen molar-refractivity contribution in [2.45, 2.75) is 32.8 Å². The van der Waals surface area contributed by atoms with Crippen molar-refractivity contribution >= 4 is 11.9 Å². The Morgan fingerprint density at radius 1 is 1.19 bits per heavy atom. The van der Waals surface area contributed by atoms with Gasteiger partial charge in [0, 0.05) is 18.7 Å². The maximum atomic E-state index is 12.4. The van der Waals surface area contributed by atoms with E-state index in [4.69, 9.17) is 5.11 Å². The second kappa shape index (κ2) is 6.26. The Hall–Kier alpha value is -1.88. The first kappa shape index (κ1) is 15.5. The van der Waals surface area contributed by atoms with Crippen molar-refractivity contribution < 1.29 is 19.8 Å². The van der Waals surface area contributed by atoms with E-state index in [1.807, 2.05) is 6.92 Å². The summed E-state index contributed by atoms with van der Waals surface area (Å²) in [5, 5.41) is 18.4. The molecule has 1 heterocycles. The average Bonchev–Trinajstić information content (AvgIpc) is 2.54. The average molecular weight is 291 g/mol. The van der Waals surface area contributed by atoms with E-state index in [-0.39, 0.29) is 12.5 Å². The van der Waals surface area contributed by atoms with E-state index in [9.17, 15) is 14.7 Å². The summed E-state index contributed by atoms with van der Waals surface area (Å²) in [4.78, 5) is 25.5. The highest BCUT2D eigenvalue weighted by Crippen LogP contribution is 2.35. The third-order valence-corrected chi connectivity index (χ3v) is 4.52. The molecule has 0 unspecified atom stereocenters. The van der Waals surface area contributed by atoms with Gasteiger partial charge in [0.2, 0.25) is 0 Å². The Bertz CT molecular complexity index is 516. The lowest BCUT2D eigenvalue weighted by atomic mass is 9.76. The molecule has 0 bridgehead atoms. The van der Waals surface area contributed by atoms with Crippen molar-refractivity contribution in [3.63, 3.8) is 0 Å². The number of hydrogen-bond acceptors (Lipinski definition) is 3. The summed E-state index contributed by atoms with van der Waals surface area (Å²) in [6.07, 6.45) is 1.59. The number of piperidine rings is 1. The molecule has 1 fully saturated rings. The summed E-state index contributed by atoms with van der Waals surface area (Å²) >= 11 is 0. The number of likely N-dealkylation sites (tertiary alicyclic amines) is 1. The summed E-state index contributed by atoms with van der Waals surface area (Å²) < 4.78 is 0. The van der Waals surface area contributed by atoms with Crippen LogP contribution in [0.5, 0.6) is 0 Å². The van der Waals surface area contributed by atoms with Crippen LogP contribution in [-0.2, 0) is 11.4 Å². The fraction of sp³-hybridized carbons (Fsp3) is 0.500. The fourth-order valence-electron chi connectivity index (χ4n) is 2.79. The van der Waals surface area contributed by atoms with Crippen LogP contribution in [0.3, 0.4) is 0 Å². The minimum Gasteiger partial charge on any atom is -0.481 e. The molecule has 0 saturated carbocycles. The minimum atomic E-state index is -0.760. The van der Waals surface area contributed by atoms with Crippen LogP contribution in [0.1, 0.15) is 42.1 Å². The van der Waals surface area contributed by atoms with Crippen LogP contribution in [0, 0.1) is 5.41 Å². The molecule has 21 heavy (non-hydrogen) atoms. The molecule has 1 aliphatic heterocycles. The van der Waals surface area contributed by atoms with Gasteiger partial charge in [0.15, 0.2) is 0 Å². The Balaban J connectivity index is 2.04. The van der Waals surface area contributed by atoms with Crippen molar-refractivity contribution in [2.24, 2.45) is 5.41 Å². The van der Waals surface area contributed by atoms with Crippen LogP contribution in [0.15, 0.2) is 24.3 Å². The van der Waals surface area contributed by atoms with E-state index in [0.717, 1.165) is 5.56 Å². The molecule has 1 aliphatic rings. The molecule has 1 aromatic rings. The molecule has 5 nitrogen and oxygen atoms in total. The van der Waals surface area contributed by atoms with Gasteiger partial charge in [-0.3, -0.25) is 9.59 Å². The predicted molar refractivity (Wildman–Crippen MR) is 77.9 cm³/mol. The third-order valence-electron chi connectivity index (χ3n) is 4.52. The van der Waals surface area contributed by atoms with Crippen LogP contribution in [0.25, 0.3) is 0 Å². The van der Waals surface area contributed by atoms with Gasteiger partial charge >= 0.3 is 5.97 Å². The molecule has 1 amide bonds. The van der Waals surface area contributed by atoms with Crippen LogP contribution >= 0.6 is 0 Å². The predicted octanol–water partition coefficient (Wildman–Crippen LogP) is 1.90. The minimum absolute atomic E-state index is 0.0458. The van der Waals surface area contributed by atoms with E-state index >= 15 is 0 Å². The van der Waals surface area contributed by atoms with Gasteiger partial charge in [0.1, 0.15) is 0 Å². The number of carbonyl (C=O) groups excluding carboxylic acids is 1. The molecule has 2 N–H and O–H groups in total. The first-order chi connectivity index (χ1) is 10.0. The molecule has 0 spiro atoms. The number of nitrogens with zero attached hydrogens (tertiary/aromatic N) is 1. The fourth-order valence-corrected chi connectivity index (χ4v) is 2.79. The molecule has 0 atom stereocenters. The SMILES string of the molecule is CCC1(C(=O)O)CCN(C(=O)c2ccc(CO)cc2)CC1. The number of rotatable bonds is 4. The Morgan fingerprint density at radius 3 is 2.19 bits per heavy atom. The van der Waals surface area contributed by atoms with Crippen LogP contribution in [0.4, 0.5) is 0 Å². The van der Waals surface area contributed by atoms with Gasteiger partial charge in [-0.25, -0.2) is 0 Å². The number of carboxylic acid groups (broad SMARTS) is 1. The summed E-state index contributed by atoms with van der Waals surface area (Å²) in [5.74, 6) is -0.834. The molecule has 0 radical (unpaired) electrons. The number of aliphatic hydroxyl groups is 1. The van der Waals surface area contributed by atoms with Crippen LogP contribution < -0.4 is 0 Å². The highest BCUT2D eigenvalue weighted by molar-refractivity contribution is 5.94. The summed E-state index contributed by atoms with van der Waals surface area (Å²) in [7, 11) is 0. The van der Waals surface area contributed by atoms with Crippen molar-refractivity contribution in [1.29, 1.82) is 0 Å². The van der Waals surface area contributed by atoms with E-state index in [1.54, 1.807) is 29.2 Å². The van der Waals surface area contributed by atoms with Crippen molar-refractivity contribution in [3.05, 3.63) is 35.4 Å². The largest absolute Gasteiger partial charge is 0.481 e. The van der Waals surface area contributed by atoms with Crippen LogP contribution in [-0.4, -0.2) is 40.1 Å². The van der Waals surface area contributed by atoms with Crippen molar-refractivity contribution in [1.82, 2.24) is 4.90 Å². The normalized spacial score (nSPS) is 17.5. The number of carbonyl (C=O) groups is 2. The second-order valence-corrected chi connectivity index (χ2v) is 5.59. The van der Waals surface area contributed by atoms with Gasteiger partial charge in [0.05, 0.1) is 12.0 Å². The van der Waals surface area contributed by atoms with Crippen molar-refractivity contribution in [3.8, 4) is 0 Å². The van der Waals surface area contributed by atoms with E-state index < -0.39 is 11.4 Å². The number of aliphatic carboxylic acids is 1. The number of carboxylic acids is 1. The molecule has 0 aromatic heterocycles. The molecule has 1 aromatic carbocycles. The Morgan fingerprint density at radius 2 is 1.76 bits per heavy atom. The number of benzene rings is 1. The molecule has 1 saturated heterocycles. The van der Waals surface area contributed by atoms with Crippen LogP contribution in [0.2, 0.25) is 0 Å². The summed E-state index contributed by atoms with van der Waals surface area (Å²) in [6.45, 7) is 2.79. The monoisotopic (exact) mass is 291 g/mol. The lowest BCUT2D eigenvalue weighted by Gasteiger charge is -2.38. The number of aliphatic hydroxyl groups excluding tert-OH is 1. The van der Waals surface area contributed by atoms with Gasteiger partial charge in [-0.2, -0.15) is 0 Å². The Kier molecular flexibility index (Phi) is 4.63. The summed E-state index contributed by atoms with van der Waals surface area (Å²) in [5.41, 5.74) is 0.657. The molecule has 2 rings (SSSR count). The quantitative estimate of drug-likeness (QED) is 0.888. The Labute approximate surface area is 124 Å². The number of hydrogen-bond donors (Lipinski definition) is 2. The smallest absolute Gasteiger partial charge is 0.309 e. The van der Waals surface area contributed by atoms with Gasteiger partial charge < -0.3 is 15.1 Å². The van der Waals surface area contributed by atoms with Gasteiger partial charge in [0.25, 0.3) is 5.91 Å². The zero-order valence-electron chi connectivity index (χ0n) is 12.2. The molecule has 5 heteroatoms. The molecular weight excluding hydrogens is 270 g/mol. The van der Waals surface area contributed by atoms with E-state index in [2.05, 4.69) is 0 Å². The first-order valence-electron chi connectivity index (χ1n) is 7.25. The lowest BCUT2D eigenvalue weighted by molar-refractivity contribution is -0.152. The van der Waals surface area contributed by atoms with E-state index in [0.29, 0.717) is 37.9 Å². The molecule has 114 valence electrons. The highest BCUT2D eigenvalue weighted by Gasteiger charge is 2.40. The number of amides is 1. The van der Waals surface area contributed by atoms with Crippen molar-refractivity contribution in [2.75, 3.05) is 13.1 Å². The first-order valence-corrected chi connectivity index (χ1v) is 7.25. The molecule has 0 aliphatic carbocycles. The highest BCUT2D eigenvalue weighted by atomic mass is 16.4. The zero-order valence-corrected chi connectivity index (χ0v) is 12.2. The maximum absolute atomic E-state index is 12.4. The lowest BCUT2D eigenvalue weighted by Crippen LogP contribution is -2.46. The van der Waals surface area contributed by atoms with Gasteiger partial charge in [-0.05, 0) is 37.0 Å². The zero-order chi connectivity index (χ0) is 15.5. The van der Waals surface area contributed by atoms with Gasteiger partial charge in [-0.1, -0.05) is 19.1 Å². The maximum Gasteiger partial charge on any atom is 0.309 e. The molecular formula is C16H21NO4. The summed E-state index contributed by atoms with van der Waals surface area (Å²) in [6, 6.07) is 6.86. The third kappa shape index (κ3) is 3.08. The van der Waals surface area contributed by atoms with Gasteiger partial charge in [-0.15, -0.1) is 0 Å². The topological polar surface area (TPSA) is 77.8 Å². The standard InChI is InChI=1S/C16H21NO4/c1-2-16(15(20)21)7-9-17(10-8-16)14(19)13-5-3-12(11-18)4-6-13/h3-6,18H,2,7-11H2,1H3,(H,20,21).